The van der Waals surface area contributed by atoms with Gasteiger partial charge in [0.25, 0.3) is 0 Å². The number of fused-ring (bicyclic) bond motifs is 1. The molecule has 0 aliphatic carbocycles. The van der Waals surface area contributed by atoms with E-state index >= 15 is 0 Å². The summed E-state index contributed by atoms with van der Waals surface area (Å²) in [5.41, 5.74) is 6.18. The molecule has 3 N–H and O–H groups in total. The van der Waals surface area contributed by atoms with Crippen molar-refractivity contribution in [3.8, 4) is 0 Å². The smallest absolute Gasteiger partial charge is 0.335 e. The van der Waals surface area contributed by atoms with Crippen molar-refractivity contribution in [1.29, 1.82) is 0 Å². The SMILES string of the molecule is NCc1cc2ccc(C(=O)O)cc2o1. The highest BCUT2D eigenvalue weighted by atomic mass is 16.4. The van der Waals surface area contributed by atoms with E-state index in [1.807, 2.05) is 0 Å². The molecule has 0 radical (unpaired) electrons. The van der Waals surface area contributed by atoms with Crippen LogP contribution in [0.5, 0.6) is 0 Å². The topological polar surface area (TPSA) is 76.5 Å². The maximum atomic E-state index is 10.7. The van der Waals surface area contributed by atoms with Crippen LogP contribution in [-0.2, 0) is 6.54 Å². The first kappa shape index (κ1) is 8.77. The lowest BCUT2D eigenvalue weighted by Crippen LogP contribution is -1.94. The summed E-state index contributed by atoms with van der Waals surface area (Å²) in [5, 5.41) is 9.61. The molecule has 2 aromatic rings. The fourth-order valence-corrected chi connectivity index (χ4v) is 1.32. The Bertz CT molecular complexity index is 487. The van der Waals surface area contributed by atoms with Crippen molar-refractivity contribution in [1.82, 2.24) is 0 Å². The van der Waals surface area contributed by atoms with Crippen LogP contribution >= 0.6 is 0 Å². The summed E-state index contributed by atoms with van der Waals surface area (Å²) in [7, 11) is 0. The second-order valence-corrected chi connectivity index (χ2v) is 2.97. The summed E-state index contributed by atoms with van der Waals surface area (Å²) in [6, 6.07) is 6.56. The van der Waals surface area contributed by atoms with E-state index in [-0.39, 0.29) is 5.56 Å². The molecule has 4 heteroatoms. The van der Waals surface area contributed by atoms with Crippen LogP contribution in [0.2, 0.25) is 0 Å². The zero-order valence-electron chi connectivity index (χ0n) is 7.36. The molecule has 0 fully saturated rings. The minimum Gasteiger partial charge on any atom is -0.478 e. The molecule has 0 saturated heterocycles. The van der Waals surface area contributed by atoms with Gasteiger partial charge in [0.1, 0.15) is 11.3 Å². The molecule has 4 nitrogen and oxygen atoms in total. The number of nitrogens with two attached hydrogens (primary N) is 1. The van der Waals surface area contributed by atoms with Crippen molar-refractivity contribution in [2.45, 2.75) is 6.54 Å². The van der Waals surface area contributed by atoms with Crippen molar-refractivity contribution in [2.75, 3.05) is 0 Å². The number of rotatable bonds is 2. The zero-order valence-corrected chi connectivity index (χ0v) is 7.36. The number of furan rings is 1. The summed E-state index contributed by atoms with van der Waals surface area (Å²) >= 11 is 0. The van der Waals surface area contributed by atoms with Crippen LogP contribution < -0.4 is 5.73 Å². The molecule has 14 heavy (non-hydrogen) atoms. The lowest BCUT2D eigenvalue weighted by atomic mass is 10.2. The maximum Gasteiger partial charge on any atom is 0.335 e. The number of aromatic carboxylic acids is 1. The first-order chi connectivity index (χ1) is 6.70. The molecule has 0 aliphatic heterocycles. The highest BCUT2D eigenvalue weighted by molar-refractivity contribution is 5.92. The summed E-state index contributed by atoms with van der Waals surface area (Å²) in [4.78, 5) is 10.7. The predicted octanol–water partition coefficient (Wildman–Crippen LogP) is 1.59. The summed E-state index contributed by atoms with van der Waals surface area (Å²) < 4.78 is 5.32. The second-order valence-electron chi connectivity index (χ2n) is 2.97. The fraction of sp³-hybridized carbons (Fsp3) is 0.100. The number of carboxylic acid groups (broad SMARTS) is 1. The first-order valence-electron chi connectivity index (χ1n) is 4.16. The Labute approximate surface area is 79.9 Å². The zero-order chi connectivity index (χ0) is 10.1. The summed E-state index contributed by atoms with van der Waals surface area (Å²) in [6.07, 6.45) is 0. The van der Waals surface area contributed by atoms with Crippen LogP contribution in [0.4, 0.5) is 0 Å². The van der Waals surface area contributed by atoms with Gasteiger partial charge in [0.15, 0.2) is 0 Å². The largest absolute Gasteiger partial charge is 0.478 e. The van der Waals surface area contributed by atoms with Gasteiger partial charge in [-0.2, -0.15) is 0 Å². The molecular weight excluding hydrogens is 182 g/mol. The molecule has 0 amide bonds. The van der Waals surface area contributed by atoms with Crippen molar-refractivity contribution in [2.24, 2.45) is 5.73 Å². The van der Waals surface area contributed by atoms with E-state index in [0.717, 1.165) is 5.39 Å². The van der Waals surface area contributed by atoms with E-state index in [1.165, 1.54) is 6.07 Å². The van der Waals surface area contributed by atoms with E-state index < -0.39 is 5.97 Å². The lowest BCUT2D eigenvalue weighted by Gasteiger charge is -1.92. The number of carboxylic acids is 1. The summed E-state index contributed by atoms with van der Waals surface area (Å²) in [6.45, 7) is 0.317. The first-order valence-corrected chi connectivity index (χ1v) is 4.16. The molecule has 1 aromatic heterocycles. The van der Waals surface area contributed by atoms with Gasteiger partial charge < -0.3 is 15.3 Å². The highest BCUT2D eigenvalue weighted by Crippen LogP contribution is 2.20. The molecule has 0 spiro atoms. The number of hydrogen-bond donors (Lipinski definition) is 2. The Balaban J connectivity index is 2.59. The van der Waals surface area contributed by atoms with Crippen LogP contribution in [-0.4, -0.2) is 11.1 Å². The highest BCUT2D eigenvalue weighted by Gasteiger charge is 2.07. The monoisotopic (exact) mass is 191 g/mol. The van der Waals surface area contributed by atoms with Gasteiger partial charge in [-0.3, -0.25) is 0 Å². The average molecular weight is 191 g/mol. The van der Waals surface area contributed by atoms with Crippen molar-refractivity contribution in [3.05, 3.63) is 35.6 Å². The van der Waals surface area contributed by atoms with Gasteiger partial charge in [0.2, 0.25) is 0 Å². The maximum absolute atomic E-state index is 10.7. The van der Waals surface area contributed by atoms with Crippen molar-refractivity contribution >= 4 is 16.9 Å². The van der Waals surface area contributed by atoms with Crippen LogP contribution in [0.15, 0.2) is 28.7 Å². The quantitative estimate of drug-likeness (QED) is 0.755. The Morgan fingerprint density at radius 3 is 2.86 bits per heavy atom. The van der Waals surface area contributed by atoms with Gasteiger partial charge in [0, 0.05) is 5.39 Å². The van der Waals surface area contributed by atoms with Crippen molar-refractivity contribution < 1.29 is 14.3 Å². The predicted molar refractivity (Wildman–Crippen MR) is 51.1 cm³/mol. The average Bonchev–Trinajstić information content (AvgIpc) is 2.58. The van der Waals surface area contributed by atoms with E-state index in [0.29, 0.717) is 17.9 Å². The summed E-state index contributed by atoms with van der Waals surface area (Å²) in [5.74, 6) is -0.305. The lowest BCUT2D eigenvalue weighted by molar-refractivity contribution is 0.0697. The Morgan fingerprint density at radius 1 is 1.43 bits per heavy atom. The molecule has 1 aromatic carbocycles. The molecule has 0 bridgehead atoms. The van der Waals surface area contributed by atoms with Gasteiger partial charge in [-0.05, 0) is 18.2 Å². The van der Waals surface area contributed by atoms with Gasteiger partial charge in [-0.15, -0.1) is 0 Å². The molecular formula is C10H9NO3. The Morgan fingerprint density at radius 2 is 2.21 bits per heavy atom. The van der Waals surface area contributed by atoms with E-state index in [2.05, 4.69) is 0 Å². The third-order valence-corrected chi connectivity index (χ3v) is 2.02. The fourth-order valence-electron chi connectivity index (χ4n) is 1.32. The molecule has 0 aliphatic rings. The molecule has 0 saturated carbocycles. The van der Waals surface area contributed by atoms with Gasteiger partial charge in [-0.1, -0.05) is 6.07 Å². The Hall–Kier alpha value is -1.81. The molecule has 0 unspecified atom stereocenters. The van der Waals surface area contributed by atoms with Crippen molar-refractivity contribution in [3.63, 3.8) is 0 Å². The number of hydrogen-bond acceptors (Lipinski definition) is 3. The Kier molecular flexibility index (Phi) is 1.98. The molecule has 2 rings (SSSR count). The van der Waals surface area contributed by atoms with Gasteiger partial charge in [-0.25, -0.2) is 4.79 Å². The van der Waals surface area contributed by atoms with Crippen LogP contribution in [0.25, 0.3) is 11.0 Å². The van der Waals surface area contributed by atoms with E-state index in [4.69, 9.17) is 15.3 Å². The standard InChI is InChI=1S/C10H9NO3/c11-5-8-3-6-1-2-7(10(12)13)4-9(6)14-8/h1-4H,5,11H2,(H,12,13). The molecule has 0 atom stereocenters. The second kappa shape index (κ2) is 3.16. The van der Waals surface area contributed by atoms with Crippen LogP contribution in [0.1, 0.15) is 16.1 Å². The van der Waals surface area contributed by atoms with Gasteiger partial charge >= 0.3 is 5.97 Å². The van der Waals surface area contributed by atoms with E-state index in [1.54, 1.807) is 18.2 Å². The number of benzene rings is 1. The van der Waals surface area contributed by atoms with Gasteiger partial charge in [0.05, 0.1) is 12.1 Å². The normalized spacial score (nSPS) is 10.6. The number of carbonyl (C=O) groups is 1. The van der Waals surface area contributed by atoms with Crippen LogP contribution in [0, 0.1) is 0 Å². The molecule has 72 valence electrons. The molecule has 1 heterocycles. The minimum absolute atomic E-state index is 0.218. The third-order valence-electron chi connectivity index (χ3n) is 2.02. The minimum atomic E-state index is -0.961. The third kappa shape index (κ3) is 1.36. The van der Waals surface area contributed by atoms with E-state index in [9.17, 15) is 4.79 Å². The van der Waals surface area contributed by atoms with Crippen LogP contribution in [0.3, 0.4) is 0 Å².